The highest BCUT2D eigenvalue weighted by molar-refractivity contribution is 7.98. The van der Waals surface area contributed by atoms with Crippen LogP contribution in [0.2, 0.25) is 0 Å². The molecular formula is C16H16N2OS. The molecule has 1 heterocycles. The van der Waals surface area contributed by atoms with Gasteiger partial charge >= 0.3 is 0 Å². The van der Waals surface area contributed by atoms with E-state index in [2.05, 4.69) is 22.8 Å². The minimum Gasteiger partial charge on any atom is -0.371 e. The first kappa shape index (κ1) is 13.1. The molecule has 0 saturated heterocycles. The van der Waals surface area contributed by atoms with Crippen molar-refractivity contribution >= 4 is 29.0 Å². The molecule has 4 heteroatoms. The van der Waals surface area contributed by atoms with Crippen LogP contribution >= 0.6 is 11.8 Å². The molecular weight excluding hydrogens is 268 g/mol. The fraction of sp³-hybridized carbons (Fsp3) is 0.188. The highest BCUT2D eigenvalue weighted by Gasteiger charge is 2.24. The van der Waals surface area contributed by atoms with Gasteiger partial charge in [0.2, 0.25) is 5.91 Å². The van der Waals surface area contributed by atoms with Gasteiger partial charge in [0.25, 0.3) is 0 Å². The predicted molar refractivity (Wildman–Crippen MR) is 85.1 cm³/mol. The molecule has 3 rings (SSSR count). The van der Waals surface area contributed by atoms with E-state index in [0.29, 0.717) is 0 Å². The Balaban J connectivity index is 1.57. The Morgan fingerprint density at radius 3 is 2.45 bits per heavy atom. The lowest BCUT2D eigenvalue weighted by molar-refractivity contribution is -0.116. The molecule has 102 valence electrons. The highest BCUT2D eigenvalue weighted by atomic mass is 32.2. The van der Waals surface area contributed by atoms with Gasteiger partial charge in [-0.15, -0.1) is 0 Å². The number of carbonyl (C=O) groups excluding carboxylic acids is 1. The molecule has 1 aliphatic heterocycles. The predicted octanol–water partition coefficient (Wildman–Crippen LogP) is 3.35. The zero-order valence-corrected chi connectivity index (χ0v) is 11.8. The molecule has 1 amide bonds. The zero-order valence-electron chi connectivity index (χ0n) is 11.0. The van der Waals surface area contributed by atoms with E-state index in [0.717, 1.165) is 22.9 Å². The summed E-state index contributed by atoms with van der Waals surface area (Å²) < 4.78 is 0. The molecule has 0 bridgehead atoms. The van der Waals surface area contributed by atoms with Crippen LogP contribution in [0.1, 0.15) is 5.56 Å². The lowest BCUT2D eigenvalue weighted by Crippen LogP contribution is -2.40. The molecule has 1 atom stereocenters. The summed E-state index contributed by atoms with van der Waals surface area (Å²) >= 11 is 1.77. The van der Waals surface area contributed by atoms with Gasteiger partial charge in [-0.3, -0.25) is 4.79 Å². The third-order valence-corrected chi connectivity index (χ3v) is 4.33. The van der Waals surface area contributed by atoms with Crippen LogP contribution in [-0.2, 0) is 10.5 Å². The fourth-order valence-electron chi connectivity index (χ4n) is 2.18. The summed E-state index contributed by atoms with van der Waals surface area (Å²) in [6, 6.07) is 17.9. The Labute approximate surface area is 122 Å². The standard InChI is InChI=1S/C16H16N2OS/c19-16-15(11-20-10-12-6-2-1-3-7-12)17-13-8-4-5-9-14(13)18-16/h1-9,15,17H,10-11H2,(H,18,19). The summed E-state index contributed by atoms with van der Waals surface area (Å²) in [7, 11) is 0. The van der Waals surface area contributed by atoms with Crippen LogP contribution in [0, 0.1) is 0 Å². The van der Waals surface area contributed by atoms with Crippen molar-refractivity contribution in [2.75, 3.05) is 16.4 Å². The van der Waals surface area contributed by atoms with Crippen LogP contribution in [0.3, 0.4) is 0 Å². The van der Waals surface area contributed by atoms with Gasteiger partial charge in [-0.05, 0) is 17.7 Å². The number of thioether (sulfide) groups is 1. The first-order valence-electron chi connectivity index (χ1n) is 6.61. The Bertz CT molecular complexity index is 600. The van der Waals surface area contributed by atoms with Crippen molar-refractivity contribution in [2.24, 2.45) is 0 Å². The van der Waals surface area contributed by atoms with E-state index in [1.165, 1.54) is 5.56 Å². The van der Waals surface area contributed by atoms with Gasteiger partial charge in [0.05, 0.1) is 11.4 Å². The number of anilines is 2. The average molecular weight is 284 g/mol. The van der Waals surface area contributed by atoms with Crippen LogP contribution in [0.25, 0.3) is 0 Å². The summed E-state index contributed by atoms with van der Waals surface area (Å²) in [5, 5.41) is 6.24. The van der Waals surface area contributed by atoms with Crippen molar-refractivity contribution < 1.29 is 4.79 Å². The van der Waals surface area contributed by atoms with Crippen molar-refractivity contribution in [1.82, 2.24) is 0 Å². The number of hydrogen-bond donors (Lipinski definition) is 2. The second-order valence-electron chi connectivity index (χ2n) is 4.73. The SMILES string of the molecule is O=C1Nc2ccccc2NC1CSCc1ccccc1. The van der Waals surface area contributed by atoms with Crippen LogP contribution in [0.5, 0.6) is 0 Å². The highest BCUT2D eigenvalue weighted by Crippen LogP contribution is 2.27. The molecule has 0 saturated carbocycles. The van der Waals surface area contributed by atoms with E-state index in [1.54, 1.807) is 11.8 Å². The molecule has 0 aromatic heterocycles. The summed E-state index contributed by atoms with van der Waals surface area (Å²) in [6.45, 7) is 0. The molecule has 0 radical (unpaired) electrons. The third-order valence-electron chi connectivity index (χ3n) is 3.23. The lowest BCUT2D eigenvalue weighted by Gasteiger charge is -2.26. The average Bonchev–Trinajstić information content (AvgIpc) is 2.49. The van der Waals surface area contributed by atoms with E-state index in [-0.39, 0.29) is 11.9 Å². The van der Waals surface area contributed by atoms with Gasteiger partial charge < -0.3 is 10.6 Å². The number of benzene rings is 2. The van der Waals surface area contributed by atoms with Gasteiger partial charge in [0.15, 0.2) is 0 Å². The van der Waals surface area contributed by atoms with Crippen LogP contribution < -0.4 is 10.6 Å². The Hall–Kier alpha value is -1.94. The number of carbonyl (C=O) groups is 1. The van der Waals surface area contributed by atoms with Crippen LogP contribution in [0.4, 0.5) is 11.4 Å². The van der Waals surface area contributed by atoms with Crippen molar-refractivity contribution in [3.8, 4) is 0 Å². The molecule has 2 aromatic rings. The van der Waals surface area contributed by atoms with E-state index < -0.39 is 0 Å². The molecule has 2 aromatic carbocycles. The number of para-hydroxylation sites is 2. The topological polar surface area (TPSA) is 41.1 Å². The molecule has 1 aliphatic rings. The second kappa shape index (κ2) is 6.01. The first-order valence-corrected chi connectivity index (χ1v) is 7.76. The largest absolute Gasteiger partial charge is 0.371 e. The van der Waals surface area contributed by atoms with E-state index >= 15 is 0 Å². The van der Waals surface area contributed by atoms with Crippen LogP contribution in [-0.4, -0.2) is 17.7 Å². The smallest absolute Gasteiger partial charge is 0.247 e. The van der Waals surface area contributed by atoms with Gasteiger partial charge in [0.1, 0.15) is 6.04 Å². The van der Waals surface area contributed by atoms with Gasteiger partial charge in [-0.2, -0.15) is 11.8 Å². The van der Waals surface area contributed by atoms with Gasteiger partial charge in [0, 0.05) is 11.5 Å². The molecule has 1 unspecified atom stereocenters. The minimum atomic E-state index is -0.168. The number of hydrogen-bond acceptors (Lipinski definition) is 3. The maximum absolute atomic E-state index is 12.0. The number of nitrogens with one attached hydrogen (secondary N) is 2. The van der Waals surface area contributed by atoms with Crippen molar-refractivity contribution in [2.45, 2.75) is 11.8 Å². The first-order chi connectivity index (χ1) is 9.83. The van der Waals surface area contributed by atoms with Crippen molar-refractivity contribution in [3.63, 3.8) is 0 Å². The quantitative estimate of drug-likeness (QED) is 0.904. The maximum atomic E-state index is 12.0. The molecule has 0 aliphatic carbocycles. The number of fused-ring (bicyclic) bond motifs is 1. The van der Waals surface area contributed by atoms with E-state index in [1.807, 2.05) is 42.5 Å². The monoisotopic (exact) mass is 284 g/mol. The van der Waals surface area contributed by atoms with Gasteiger partial charge in [-0.1, -0.05) is 42.5 Å². The summed E-state index contributed by atoms with van der Waals surface area (Å²) in [5.41, 5.74) is 3.15. The Kier molecular flexibility index (Phi) is 3.92. The van der Waals surface area contributed by atoms with E-state index in [9.17, 15) is 4.79 Å². The zero-order chi connectivity index (χ0) is 13.8. The maximum Gasteiger partial charge on any atom is 0.247 e. The molecule has 20 heavy (non-hydrogen) atoms. The minimum absolute atomic E-state index is 0.0456. The molecule has 3 nitrogen and oxygen atoms in total. The van der Waals surface area contributed by atoms with Crippen molar-refractivity contribution in [3.05, 3.63) is 60.2 Å². The van der Waals surface area contributed by atoms with E-state index in [4.69, 9.17) is 0 Å². The Morgan fingerprint density at radius 1 is 0.950 bits per heavy atom. The number of rotatable bonds is 4. The van der Waals surface area contributed by atoms with Crippen molar-refractivity contribution in [1.29, 1.82) is 0 Å². The second-order valence-corrected chi connectivity index (χ2v) is 5.76. The summed E-state index contributed by atoms with van der Waals surface area (Å²) in [5.74, 6) is 1.73. The molecule has 0 fully saturated rings. The number of amides is 1. The third kappa shape index (κ3) is 2.96. The van der Waals surface area contributed by atoms with Gasteiger partial charge in [-0.25, -0.2) is 0 Å². The van der Waals surface area contributed by atoms with Crippen LogP contribution in [0.15, 0.2) is 54.6 Å². The molecule has 2 N–H and O–H groups in total. The Morgan fingerprint density at radius 2 is 1.65 bits per heavy atom. The summed E-state index contributed by atoms with van der Waals surface area (Å²) in [4.78, 5) is 12.0. The lowest BCUT2D eigenvalue weighted by atomic mass is 10.1. The molecule has 0 spiro atoms. The normalized spacial score (nSPS) is 17.0. The fourth-order valence-corrected chi connectivity index (χ4v) is 3.19. The summed E-state index contributed by atoms with van der Waals surface area (Å²) in [6.07, 6.45) is 0.